The van der Waals surface area contributed by atoms with E-state index in [0.717, 1.165) is 0 Å². The van der Waals surface area contributed by atoms with Crippen LogP contribution in [-0.2, 0) is 0 Å². The van der Waals surface area contributed by atoms with Gasteiger partial charge in [-0.15, -0.1) is 0 Å². The molecule has 0 aliphatic heterocycles. The van der Waals surface area contributed by atoms with Crippen molar-refractivity contribution in [1.29, 1.82) is 10.5 Å². The van der Waals surface area contributed by atoms with Crippen molar-refractivity contribution in [3.05, 3.63) is 23.3 Å². The van der Waals surface area contributed by atoms with Crippen molar-refractivity contribution in [2.45, 2.75) is 0 Å². The van der Waals surface area contributed by atoms with Crippen LogP contribution in [0.3, 0.4) is 0 Å². The van der Waals surface area contributed by atoms with Gasteiger partial charge in [-0.1, -0.05) is 0 Å². The summed E-state index contributed by atoms with van der Waals surface area (Å²) in [5.41, 5.74) is 1.17. The molecule has 0 heterocycles. The van der Waals surface area contributed by atoms with Gasteiger partial charge < -0.3 is 0 Å². The largest absolute Gasteiger partial charge is 0.192 e. The number of allylic oxidation sites excluding steroid dienone is 4. The summed E-state index contributed by atoms with van der Waals surface area (Å²) in [7, 11) is 0. The van der Waals surface area contributed by atoms with Crippen molar-refractivity contribution in [2.75, 3.05) is 0 Å². The van der Waals surface area contributed by atoms with Gasteiger partial charge in [0.1, 0.15) is 0 Å². The van der Waals surface area contributed by atoms with E-state index in [2.05, 4.69) is 0 Å². The molecule has 0 aromatic carbocycles. The van der Waals surface area contributed by atoms with Crippen molar-refractivity contribution in [2.24, 2.45) is 0 Å². The van der Waals surface area contributed by atoms with Crippen LogP contribution in [0.4, 0.5) is 0 Å². The van der Waals surface area contributed by atoms with Gasteiger partial charge >= 0.3 is 0 Å². The van der Waals surface area contributed by atoms with Crippen LogP contribution in [0.25, 0.3) is 0 Å². The molecule has 0 radical (unpaired) electrons. The third-order valence-corrected chi connectivity index (χ3v) is 0.880. The Morgan fingerprint density at radius 2 is 1.38 bits per heavy atom. The van der Waals surface area contributed by atoms with Gasteiger partial charge in [-0.3, -0.25) is 0 Å². The summed E-state index contributed by atoms with van der Waals surface area (Å²) in [6, 6.07) is 3.80. The molecule has 0 N–H and O–H groups in total. The molecular formula is C6H2N2. The van der Waals surface area contributed by atoms with Gasteiger partial charge in [0.2, 0.25) is 0 Å². The molecule has 0 unspecified atom stereocenters. The van der Waals surface area contributed by atoms with Crippen LogP contribution < -0.4 is 0 Å². The summed E-state index contributed by atoms with van der Waals surface area (Å²) in [6.07, 6.45) is 3.11. The van der Waals surface area contributed by atoms with Crippen molar-refractivity contribution in [3.63, 3.8) is 0 Å². The number of rotatable bonds is 0. The average Bonchev–Trinajstić information content (AvgIpc) is 1.65. The SMILES string of the molecule is N#CC1=CC(C#N)=C1. The lowest BCUT2D eigenvalue weighted by molar-refractivity contribution is 1.41. The van der Waals surface area contributed by atoms with Crippen LogP contribution in [0.1, 0.15) is 0 Å². The lowest BCUT2D eigenvalue weighted by Gasteiger charge is -1.97. The monoisotopic (exact) mass is 102 g/mol. The topological polar surface area (TPSA) is 47.6 Å². The van der Waals surface area contributed by atoms with Gasteiger partial charge in [0.25, 0.3) is 0 Å². The lowest BCUT2D eigenvalue weighted by atomic mass is 10.0. The molecular weight excluding hydrogens is 100 g/mol. The summed E-state index contributed by atoms with van der Waals surface area (Å²) >= 11 is 0. The molecule has 1 rings (SSSR count). The van der Waals surface area contributed by atoms with E-state index in [1.807, 2.05) is 12.1 Å². The average molecular weight is 102 g/mol. The Balaban J connectivity index is 2.65. The Morgan fingerprint density at radius 1 is 1.00 bits per heavy atom. The highest BCUT2D eigenvalue weighted by Gasteiger charge is 2.03. The van der Waals surface area contributed by atoms with E-state index in [9.17, 15) is 0 Å². The molecule has 0 saturated heterocycles. The van der Waals surface area contributed by atoms with Gasteiger partial charge in [-0.05, 0) is 12.2 Å². The minimum Gasteiger partial charge on any atom is -0.192 e. The molecule has 2 nitrogen and oxygen atoms in total. The van der Waals surface area contributed by atoms with E-state index in [1.54, 1.807) is 12.2 Å². The molecule has 8 heavy (non-hydrogen) atoms. The number of nitrogens with zero attached hydrogens (tertiary/aromatic N) is 2. The van der Waals surface area contributed by atoms with E-state index in [0.29, 0.717) is 11.1 Å². The van der Waals surface area contributed by atoms with Gasteiger partial charge in [0.15, 0.2) is 0 Å². The molecule has 0 spiro atoms. The predicted molar refractivity (Wildman–Crippen MR) is 27.4 cm³/mol. The second kappa shape index (κ2) is 1.52. The third kappa shape index (κ3) is 0.488. The first-order valence-electron chi connectivity index (χ1n) is 2.10. The number of hydrogen-bond acceptors (Lipinski definition) is 2. The third-order valence-electron chi connectivity index (χ3n) is 0.880. The summed E-state index contributed by atoms with van der Waals surface area (Å²) in [4.78, 5) is 0. The van der Waals surface area contributed by atoms with E-state index < -0.39 is 0 Å². The fourth-order valence-electron chi connectivity index (χ4n) is 0.451. The maximum Gasteiger partial charge on any atom is 0.0992 e. The van der Waals surface area contributed by atoms with Crippen molar-refractivity contribution < 1.29 is 0 Å². The molecule has 0 aromatic heterocycles. The highest BCUT2D eigenvalue weighted by molar-refractivity contribution is 5.57. The van der Waals surface area contributed by atoms with Crippen LogP contribution in [0.2, 0.25) is 0 Å². The molecule has 36 valence electrons. The maximum absolute atomic E-state index is 8.13. The van der Waals surface area contributed by atoms with Gasteiger partial charge in [0, 0.05) is 0 Å². The Bertz CT molecular complexity index is 211. The van der Waals surface area contributed by atoms with Crippen LogP contribution in [0, 0.1) is 22.7 Å². The number of nitriles is 2. The first-order chi connectivity index (χ1) is 3.86. The van der Waals surface area contributed by atoms with Crippen LogP contribution in [-0.4, -0.2) is 0 Å². The van der Waals surface area contributed by atoms with E-state index >= 15 is 0 Å². The molecule has 0 amide bonds. The first kappa shape index (κ1) is 4.61. The van der Waals surface area contributed by atoms with Crippen molar-refractivity contribution in [1.82, 2.24) is 0 Å². The fourth-order valence-corrected chi connectivity index (χ4v) is 0.451. The normalized spacial score (nSPS) is 14.2. The van der Waals surface area contributed by atoms with Gasteiger partial charge in [-0.2, -0.15) is 10.5 Å². The summed E-state index contributed by atoms with van der Waals surface area (Å²) < 4.78 is 0. The summed E-state index contributed by atoms with van der Waals surface area (Å²) in [6.45, 7) is 0. The molecule has 1 aliphatic carbocycles. The quantitative estimate of drug-likeness (QED) is 0.456. The van der Waals surface area contributed by atoms with Crippen LogP contribution in [0.5, 0.6) is 0 Å². The van der Waals surface area contributed by atoms with Crippen molar-refractivity contribution in [3.8, 4) is 12.1 Å². The molecule has 1 aliphatic rings. The lowest BCUT2D eigenvalue weighted by Crippen LogP contribution is -1.87. The second-order valence-corrected chi connectivity index (χ2v) is 1.42. The van der Waals surface area contributed by atoms with Crippen LogP contribution >= 0.6 is 0 Å². The highest BCUT2D eigenvalue weighted by Crippen LogP contribution is 2.14. The Kier molecular flexibility index (Phi) is 0.875. The van der Waals surface area contributed by atoms with Gasteiger partial charge in [-0.25, -0.2) is 0 Å². The summed E-state index contributed by atoms with van der Waals surface area (Å²) in [5, 5.41) is 16.3. The molecule has 0 fully saturated rings. The molecule has 0 saturated carbocycles. The predicted octanol–water partition coefficient (Wildman–Crippen LogP) is 0.900. The molecule has 0 bridgehead atoms. The molecule has 2 heteroatoms. The number of hydrogen-bond donors (Lipinski definition) is 0. The Morgan fingerprint density at radius 3 is 1.62 bits per heavy atom. The van der Waals surface area contributed by atoms with E-state index in [4.69, 9.17) is 10.5 Å². The fraction of sp³-hybridized carbons (Fsp3) is 0. The first-order valence-corrected chi connectivity index (χ1v) is 2.10. The smallest absolute Gasteiger partial charge is 0.0992 e. The zero-order chi connectivity index (χ0) is 5.98. The zero-order valence-electron chi connectivity index (χ0n) is 4.05. The minimum atomic E-state index is 0.585. The van der Waals surface area contributed by atoms with Gasteiger partial charge in [0.05, 0.1) is 23.3 Å². The Hall–Kier alpha value is -1.54. The van der Waals surface area contributed by atoms with Crippen LogP contribution in [0.15, 0.2) is 23.3 Å². The zero-order valence-corrected chi connectivity index (χ0v) is 4.05. The summed E-state index contributed by atoms with van der Waals surface area (Å²) in [5.74, 6) is 0. The maximum atomic E-state index is 8.13. The standard InChI is InChI=1S/C6H2N2/c7-3-5-1-6(2-5)4-8/h1-2H. The molecule has 0 atom stereocenters. The van der Waals surface area contributed by atoms with E-state index in [1.165, 1.54) is 0 Å². The highest BCUT2D eigenvalue weighted by atomic mass is 14.3. The molecule has 0 aromatic rings. The van der Waals surface area contributed by atoms with Crippen molar-refractivity contribution >= 4 is 0 Å². The second-order valence-electron chi connectivity index (χ2n) is 1.42. The minimum absolute atomic E-state index is 0.585. The van der Waals surface area contributed by atoms with E-state index in [-0.39, 0.29) is 0 Å². The Labute approximate surface area is 47.0 Å².